The number of aromatic nitrogens is 3. The van der Waals surface area contributed by atoms with Crippen LogP contribution in [-0.4, -0.2) is 16.3 Å². The number of hydrogen-bond donors (Lipinski definition) is 1. The molecule has 0 saturated heterocycles. The summed E-state index contributed by atoms with van der Waals surface area (Å²) in [6.07, 6.45) is 1.01. The van der Waals surface area contributed by atoms with E-state index in [9.17, 15) is 18.0 Å². The van der Waals surface area contributed by atoms with E-state index in [0.717, 1.165) is 31.5 Å². The summed E-state index contributed by atoms with van der Waals surface area (Å²) in [7, 11) is 0. The Kier molecular flexibility index (Phi) is 5.39. The summed E-state index contributed by atoms with van der Waals surface area (Å²) in [6, 6.07) is 9.38. The van der Waals surface area contributed by atoms with E-state index in [1.54, 1.807) is 4.68 Å². The van der Waals surface area contributed by atoms with Crippen molar-refractivity contribution in [3.63, 3.8) is 0 Å². The summed E-state index contributed by atoms with van der Waals surface area (Å²) in [4.78, 5) is 15.3. The SMILES string of the molecule is O=C([N-]c1c[n+](C[C@@H]2CCCc3ccccc32)no1)Nc1ccnc(C(F)(F)F)c1. The number of rotatable bonds is 4. The van der Waals surface area contributed by atoms with Crippen molar-refractivity contribution in [1.82, 2.24) is 10.3 Å². The van der Waals surface area contributed by atoms with Gasteiger partial charge < -0.3 is 15.2 Å². The monoisotopic (exact) mass is 417 g/mol. The van der Waals surface area contributed by atoms with Gasteiger partial charge in [0.15, 0.2) is 17.8 Å². The number of fused-ring (bicyclic) bond motifs is 1. The summed E-state index contributed by atoms with van der Waals surface area (Å²) < 4.78 is 44.8. The number of aryl methyl sites for hydroxylation is 1. The van der Waals surface area contributed by atoms with Gasteiger partial charge in [-0.3, -0.25) is 9.78 Å². The highest BCUT2D eigenvalue weighted by molar-refractivity contribution is 6.03. The minimum atomic E-state index is -4.61. The number of amides is 2. The molecule has 10 heteroatoms. The van der Waals surface area contributed by atoms with Gasteiger partial charge in [-0.1, -0.05) is 28.9 Å². The maximum absolute atomic E-state index is 12.7. The lowest BCUT2D eigenvalue weighted by atomic mass is 9.83. The summed E-state index contributed by atoms with van der Waals surface area (Å²) in [5, 5.41) is 9.87. The first-order valence-electron chi connectivity index (χ1n) is 9.39. The van der Waals surface area contributed by atoms with Gasteiger partial charge in [-0.05, 0) is 48.2 Å². The molecule has 2 heterocycles. The lowest BCUT2D eigenvalue weighted by Gasteiger charge is -2.22. The van der Waals surface area contributed by atoms with Crippen LogP contribution in [0.25, 0.3) is 5.32 Å². The number of nitrogens with zero attached hydrogens (tertiary/aromatic N) is 4. The van der Waals surface area contributed by atoms with Gasteiger partial charge in [0.1, 0.15) is 5.69 Å². The number of carbonyl (C=O) groups is 1. The van der Waals surface area contributed by atoms with Crippen LogP contribution in [0.15, 0.2) is 53.3 Å². The number of benzene rings is 1. The van der Waals surface area contributed by atoms with Gasteiger partial charge in [0.05, 0.1) is 0 Å². The lowest BCUT2D eigenvalue weighted by molar-refractivity contribution is -0.764. The van der Waals surface area contributed by atoms with Crippen molar-refractivity contribution < 1.29 is 27.2 Å². The van der Waals surface area contributed by atoms with Crippen LogP contribution >= 0.6 is 0 Å². The lowest BCUT2D eigenvalue weighted by Crippen LogP contribution is -2.38. The zero-order valence-corrected chi connectivity index (χ0v) is 15.8. The summed E-state index contributed by atoms with van der Waals surface area (Å²) in [6.45, 7) is 0.580. The highest BCUT2D eigenvalue weighted by Gasteiger charge is 2.32. The van der Waals surface area contributed by atoms with Crippen molar-refractivity contribution in [3.05, 3.63) is 70.9 Å². The quantitative estimate of drug-likeness (QED) is 0.622. The van der Waals surface area contributed by atoms with Crippen molar-refractivity contribution in [2.45, 2.75) is 37.9 Å². The Bertz CT molecular complexity index is 1050. The Morgan fingerprint density at radius 3 is 2.97 bits per heavy atom. The van der Waals surface area contributed by atoms with E-state index in [1.807, 2.05) is 12.1 Å². The molecule has 1 aromatic carbocycles. The minimum Gasteiger partial charge on any atom is -0.424 e. The van der Waals surface area contributed by atoms with Crippen LogP contribution in [0.4, 0.5) is 29.5 Å². The maximum Gasteiger partial charge on any atom is 0.433 e. The van der Waals surface area contributed by atoms with Crippen molar-refractivity contribution in [2.75, 3.05) is 5.32 Å². The predicted octanol–water partition coefficient (Wildman–Crippen LogP) is 4.73. The first-order chi connectivity index (χ1) is 14.4. The minimum absolute atomic E-state index is 0.0401. The molecule has 1 aliphatic rings. The largest absolute Gasteiger partial charge is 0.433 e. The standard InChI is InChI=1S/C20H18F3N5O2/c21-20(22,23)17-10-15(8-9-24-17)25-19(29)26-18-12-28(27-30-18)11-14-6-3-5-13-4-1-2-7-16(13)14/h1-2,4,7-10,12,14H,3,5-6,11H2,(H-,24,25,26,27,29)/t14-/m0/s1. The van der Waals surface area contributed by atoms with Crippen molar-refractivity contribution >= 4 is 17.6 Å². The normalized spacial score (nSPS) is 16.0. The topological polar surface area (TPSA) is 86.0 Å². The molecule has 2 amide bonds. The summed E-state index contributed by atoms with van der Waals surface area (Å²) in [5.74, 6) is 0.242. The number of anilines is 1. The van der Waals surface area contributed by atoms with Crippen LogP contribution < -0.4 is 10.00 Å². The summed E-state index contributed by atoms with van der Waals surface area (Å²) >= 11 is 0. The van der Waals surface area contributed by atoms with E-state index in [-0.39, 0.29) is 17.5 Å². The van der Waals surface area contributed by atoms with Crippen LogP contribution in [0.3, 0.4) is 0 Å². The third-order valence-electron chi connectivity index (χ3n) is 4.91. The van der Waals surface area contributed by atoms with Gasteiger partial charge in [0, 0.05) is 12.1 Å². The number of hydrogen-bond acceptors (Lipinski definition) is 4. The van der Waals surface area contributed by atoms with Crippen molar-refractivity contribution in [3.8, 4) is 0 Å². The Labute approximate surface area is 169 Å². The molecule has 0 fully saturated rings. The second-order valence-corrected chi connectivity index (χ2v) is 7.02. The molecule has 0 radical (unpaired) electrons. The Morgan fingerprint density at radius 1 is 1.30 bits per heavy atom. The number of pyridine rings is 1. The molecule has 0 spiro atoms. The fourth-order valence-corrected chi connectivity index (χ4v) is 3.59. The Morgan fingerprint density at radius 2 is 2.13 bits per heavy atom. The van der Waals surface area contributed by atoms with E-state index < -0.39 is 17.9 Å². The Hall–Kier alpha value is -3.43. The fraction of sp³-hybridized carbons (Fsp3) is 0.300. The smallest absolute Gasteiger partial charge is 0.424 e. The highest BCUT2D eigenvalue weighted by atomic mass is 19.4. The molecule has 0 saturated carbocycles. The number of nitrogens with one attached hydrogen (secondary N) is 1. The van der Waals surface area contributed by atoms with Crippen molar-refractivity contribution in [1.29, 1.82) is 0 Å². The van der Waals surface area contributed by atoms with Crippen LogP contribution in [0.1, 0.15) is 35.6 Å². The van der Waals surface area contributed by atoms with Crippen LogP contribution in [0, 0.1) is 0 Å². The van der Waals surface area contributed by atoms with E-state index >= 15 is 0 Å². The molecule has 0 bridgehead atoms. The molecule has 30 heavy (non-hydrogen) atoms. The second kappa shape index (κ2) is 8.13. The van der Waals surface area contributed by atoms with E-state index in [1.165, 1.54) is 23.4 Å². The Balaban J connectivity index is 1.38. The van der Waals surface area contributed by atoms with Gasteiger partial charge in [0.25, 0.3) is 0 Å². The molecular weight excluding hydrogens is 399 g/mol. The number of carbonyl (C=O) groups excluding carboxylic acids is 1. The molecular formula is C20H18F3N5O2. The average Bonchev–Trinajstić information content (AvgIpc) is 3.14. The molecule has 4 rings (SSSR count). The molecule has 0 unspecified atom stereocenters. The fourth-order valence-electron chi connectivity index (χ4n) is 3.59. The second-order valence-electron chi connectivity index (χ2n) is 7.02. The van der Waals surface area contributed by atoms with Gasteiger partial charge in [-0.15, -0.1) is 0 Å². The highest BCUT2D eigenvalue weighted by Crippen LogP contribution is 2.32. The molecule has 1 aliphatic carbocycles. The predicted molar refractivity (Wildman–Crippen MR) is 100 cm³/mol. The van der Waals surface area contributed by atoms with Crippen LogP contribution in [-0.2, 0) is 19.1 Å². The molecule has 3 aromatic rings. The van der Waals surface area contributed by atoms with Gasteiger partial charge in [-0.25, -0.2) is 0 Å². The zero-order chi connectivity index (χ0) is 21.1. The van der Waals surface area contributed by atoms with Crippen LogP contribution in [0.5, 0.6) is 0 Å². The zero-order valence-electron chi connectivity index (χ0n) is 15.8. The molecule has 156 valence electrons. The molecule has 1 atom stereocenters. The van der Waals surface area contributed by atoms with E-state index in [2.05, 4.69) is 33.0 Å². The number of urea groups is 1. The van der Waals surface area contributed by atoms with E-state index in [4.69, 9.17) is 4.52 Å². The van der Waals surface area contributed by atoms with Gasteiger partial charge >= 0.3 is 6.18 Å². The summed E-state index contributed by atoms with van der Waals surface area (Å²) in [5.41, 5.74) is 1.44. The third kappa shape index (κ3) is 4.58. The first-order valence-corrected chi connectivity index (χ1v) is 9.39. The molecule has 7 nitrogen and oxygen atoms in total. The molecule has 2 aromatic heterocycles. The van der Waals surface area contributed by atoms with Crippen LogP contribution in [0.2, 0.25) is 0 Å². The average molecular weight is 417 g/mol. The maximum atomic E-state index is 12.7. The third-order valence-corrected chi connectivity index (χ3v) is 4.91. The molecule has 0 aliphatic heterocycles. The van der Waals surface area contributed by atoms with Gasteiger partial charge in [-0.2, -0.15) is 13.2 Å². The number of alkyl halides is 3. The molecule has 1 N–H and O–H groups in total. The van der Waals surface area contributed by atoms with Gasteiger partial charge in [0.2, 0.25) is 12.1 Å². The van der Waals surface area contributed by atoms with E-state index in [0.29, 0.717) is 6.54 Å². The first kappa shape index (κ1) is 19.9. The number of halogens is 3. The van der Waals surface area contributed by atoms with Crippen molar-refractivity contribution in [2.24, 2.45) is 0 Å².